The second-order valence-electron chi connectivity index (χ2n) is 4.28. The van der Waals surface area contributed by atoms with Gasteiger partial charge in [-0.15, -0.1) is 0 Å². The summed E-state index contributed by atoms with van der Waals surface area (Å²) in [5.41, 5.74) is -6.83. The van der Waals surface area contributed by atoms with Gasteiger partial charge in [-0.25, -0.2) is 17.6 Å². The zero-order valence-electron chi connectivity index (χ0n) is 11.5. The van der Waals surface area contributed by atoms with Crippen molar-refractivity contribution in [1.29, 1.82) is 0 Å². The van der Waals surface area contributed by atoms with Crippen LogP contribution in [-0.2, 0) is 14.8 Å². The summed E-state index contributed by atoms with van der Waals surface area (Å²) in [6, 6.07) is 0. The van der Waals surface area contributed by atoms with Crippen molar-refractivity contribution in [2.45, 2.75) is 31.4 Å². The summed E-state index contributed by atoms with van der Waals surface area (Å²) in [6.07, 6.45) is -15.2. The normalized spacial score (nSPS) is 13.7. The molecular formula is C10H12F7NO4S. The van der Waals surface area contributed by atoms with Crippen molar-refractivity contribution in [1.82, 2.24) is 4.31 Å². The van der Waals surface area contributed by atoms with Crippen LogP contribution in [0.2, 0.25) is 0 Å². The molecule has 0 heterocycles. The number of alkyl halides is 7. The van der Waals surface area contributed by atoms with Crippen LogP contribution in [0.5, 0.6) is 0 Å². The summed E-state index contributed by atoms with van der Waals surface area (Å²) < 4.78 is 111. The first kappa shape index (κ1) is 21.5. The van der Waals surface area contributed by atoms with Crippen LogP contribution in [0, 0.1) is 0 Å². The molecule has 0 aliphatic carbocycles. The Morgan fingerprint density at radius 2 is 1.48 bits per heavy atom. The smallest absolute Gasteiger partial charge is 0.431 e. The zero-order valence-corrected chi connectivity index (χ0v) is 12.3. The molecule has 0 atom stereocenters. The Morgan fingerprint density at radius 3 is 1.74 bits per heavy atom. The summed E-state index contributed by atoms with van der Waals surface area (Å²) in [5.74, 6) is -3.77. The molecule has 5 nitrogen and oxygen atoms in total. The quantitative estimate of drug-likeness (QED) is 0.548. The standard InChI is InChI=1S/C10H12F7NO4S/c1-3-18(6(2)7(19)20)23(21,22)5-4-8(11,9(12,13)14)10(15,16)17/h2-5H2,1H3,(H,19,20). The highest BCUT2D eigenvalue weighted by Gasteiger charge is 2.72. The molecule has 23 heavy (non-hydrogen) atoms. The molecule has 136 valence electrons. The highest BCUT2D eigenvalue weighted by atomic mass is 32.2. The van der Waals surface area contributed by atoms with E-state index in [1.807, 2.05) is 0 Å². The van der Waals surface area contributed by atoms with Gasteiger partial charge >= 0.3 is 18.3 Å². The Labute approximate surface area is 126 Å². The van der Waals surface area contributed by atoms with Crippen LogP contribution in [0.1, 0.15) is 13.3 Å². The molecule has 0 saturated carbocycles. The van der Waals surface area contributed by atoms with Crippen molar-refractivity contribution in [3.8, 4) is 0 Å². The van der Waals surface area contributed by atoms with Gasteiger partial charge in [-0.2, -0.15) is 26.3 Å². The van der Waals surface area contributed by atoms with Gasteiger partial charge in [0.15, 0.2) is 0 Å². The first-order valence-electron chi connectivity index (χ1n) is 5.76. The molecule has 0 aromatic rings. The second-order valence-corrected chi connectivity index (χ2v) is 6.29. The number of hydrogen-bond donors (Lipinski definition) is 1. The number of carboxylic acids is 1. The van der Waals surface area contributed by atoms with E-state index in [-0.39, 0.29) is 4.31 Å². The molecule has 0 aromatic carbocycles. The number of aliphatic carboxylic acids is 1. The first-order valence-corrected chi connectivity index (χ1v) is 7.37. The molecule has 0 radical (unpaired) electrons. The predicted octanol–water partition coefficient (Wildman–Crippen LogP) is 2.46. The van der Waals surface area contributed by atoms with Gasteiger partial charge in [-0.3, -0.25) is 4.31 Å². The Bertz CT molecular complexity index is 553. The maximum absolute atomic E-state index is 13.4. The van der Waals surface area contributed by atoms with E-state index in [4.69, 9.17) is 5.11 Å². The third-order valence-electron chi connectivity index (χ3n) is 2.77. The molecule has 0 rings (SSSR count). The average molecular weight is 375 g/mol. The lowest BCUT2D eigenvalue weighted by Crippen LogP contribution is -2.54. The van der Waals surface area contributed by atoms with Gasteiger partial charge in [-0.1, -0.05) is 6.58 Å². The molecule has 13 heteroatoms. The number of rotatable bonds is 7. The highest BCUT2D eigenvalue weighted by Crippen LogP contribution is 2.48. The van der Waals surface area contributed by atoms with Crippen LogP contribution < -0.4 is 0 Å². The van der Waals surface area contributed by atoms with Crippen molar-refractivity contribution in [3.05, 3.63) is 12.3 Å². The van der Waals surface area contributed by atoms with Crippen LogP contribution in [-0.4, -0.2) is 54.1 Å². The molecule has 0 saturated heterocycles. The lowest BCUT2D eigenvalue weighted by molar-refractivity contribution is -0.341. The lowest BCUT2D eigenvalue weighted by Gasteiger charge is -2.31. The molecule has 0 spiro atoms. The molecule has 0 aliphatic rings. The summed E-state index contributed by atoms with van der Waals surface area (Å²) >= 11 is 0. The van der Waals surface area contributed by atoms with E-state index >= 15 is 0 Å². The number of carboxylic acid groups (broad SMARTS) is 1. The van der Waals surface area contributed by atoms with E-state index in [0.29, 0.717) is 0 Å². The highest BCUT2D eigenvalue weighted by molar-refractivity contribution is 7.89. The molecular weight excluding hydrogens is 363 g/mol. The van der Waals surface area contributed by atoms with Gasteiger partial charge in [0.1, 0.15) is 5.70 Å². The Hall–Kier alpha value is -1.53. The summed E-state index contributed by atoms with van der Waals surface area (Å²) in [5, 5.41) is 8.59. The number of nitrogens with zero attached hydrogens (tertiary/aromatic N) is 1. The first-order chi connectivity index (χ1) is 10.0. The third kappa shape index (κ3) is 4.48. The lowest BCUT2D eigenvalue weighted by atomic mass is 10.0. The largest absolute Gasteiger partial charge is 0.477 e. The number of likely N-dealkylation sites (N-methyl/N-ethyl adjacent to an activating group) is 1. The monoisotopic (exact) mass is 375 g/mol. The average Bonchev–Trinajstić information content (AvgIpc) is 2.33. The molecule has 0 amide bonds. The number of sulfonamides is 1. The van der Waals surface area contributed by atoms with Gasteiger partial charge in [0, 0.05) is 13.0 Å². The van der Waals surface area contributed by atoms with Crippen LogP contribution in [0.3, 0.4) is 0 Å². The van der Waals surface area contributed by atoms with E-state index < -0.39 is 58.4 Å². The number of hydrogen-bond acceptors (Lipinski definition) is 3. The predicted molar refractivity (Wildman–Crippen MR) is 63.5 cm³/mol. The van der Waals surface area contributed by atoms with Crippen molar-refractivity contribution >= 4 is 16.0 Å². The second kappa shape index (κ2) is 6.53. The van der Waals surface area contributed by atoms with Crippen LogP contribution in [0.25, 0.3) is 0 Å². The van der Waals surface area contributed by atoms with Gasteiger partial charge < -0.3 is 5.11 Å². The molecule has 0 unspecified atom stereocenters. The summed E-state index contributed by atoms with van der Waals surface area (Å²) in [6.45, 7) is 3.29. The fraction of sp³-hybridized carbons (Fsp3) is 0.700. The summed E-state index contributed by atoms with van der Waals surface area (Å²) in [4.78, 5) is 10.6. The molecule has 1 N–H and O–H groups in total. The Kier molecular flexibility index (Phi) is 6.10. The van der Waals surface area contributed by atoms with Crippen molar-refractivity contribution < 1.29 is 49.1 Å². The zero-order chi connectivity index (χ0) is 18.9. The fourth-order valence-electron chi connectivity index (χ4n) is 1.49. The van der Waals surface area contributed by atoms with Gasteiger partial charge in [-0.05, 0) is 6.92 Å². The van der Waals surface area contributed by atoms with Gasteiger partial charge in [0.25, 0.3) is 5.67 Å². The van der Waals surface area contributed by atoms with E-state index in [0.717, 1.165) is 6.92 Å². The maximum Gasteiger partial charge on any atom is 0.431 e. The third-order valence-corrected chi connectivity index (χ3v) is 4.64. The van der Waals surface area contributed by atoms with Crippen molar-refractivity contribution in [3.63, 3.8) is 0 Å². The topological polar surface area (TPSA) is 74.7 Å². The number of halogens is 7. The minimum absolute atomic E-state index is 0.0114. The van der Waals surface area contributed by atoms with Crippen LogP contribution in [0.15, 0.2) is 12.3 Å². The van der Waals surface area contributed by atoms with Crippen LogP contribution in [0.4, 0.5) is 30.7 Å². The van der Waals surface area contributed by atoms with E-state index in [2.05, 4.69) is 6.58 Å². The fourth-order valence-corrected chi connectivity index (χ4v) is 3.05. The SMILES string of the molecule is C=C(C(=O)O)N(CC)S(=O)(=O)CCC(F)(C(F)(F)F)C(F)(F)F. The van der Waals surface area contributed by atoms with Crippen LogP contribution >= 0.6 is 0 Å². The molecule has 0 aliphatic heterocycles. The molecule has 0 aromatic heterocycles. The minimum atomic E-state index is -6.39. The van der Waals surface area contributed by atoms with Crippen molar-refractivity contribution in [2.75, 3.05) is 12.3 Å². The minimum Gasteiger partial charge on any atom is -0.477 e. The van der Waals surface area contributed by atoms with E-state index in [9.17, 15) is 43.9 Å². The Morgan fingerprint density at radius 1 is 1.09 bits per heavy atom. The van der Waals surface area contributed by atoms with Gasteiger partial charge in [0.2, 0.25) is 10.0 Å². The molecule has 0 bridgehead atoms. The summed E-state index contributed by atoms with van der Waals surface area (Å²) in [7, 11) is -4.96. The van der Waals surface area contributed by atoms with E-state index in [1.54, 1.807) is 0 Å². The van der Waals surface area contributed by atoms with Gasteiger partial charge in [0.05, 0.1) is 5.75 Å². The van der Waals surface area contributed by atoms with Crippen molar-refractivity contribution in [2.24, 2.45) is 0 Å². The Balaban J connectivity index is 5.56. The maximum atomic E-state index is 13.4. The number of carbonyl (C=O) groups is 1. The van der Waals surface area contributed by atoms with E-state index in [1.165, 1.54) is 0 Å². The molecule has 0 fully saturated rings.